The standard InChI is InChI=1S/C30H25N2O/c33-29(26-12-6-2-7-13-26)22-31-20-21-32(23-31)30(27-14-8-3-9-15-27)28-18-16-25(17-19-28)24-10-4-1-5-11-24/h1-21,23,30H,22H2/q+1. The molecule has 0 fully saturated rings. The van der Waals surface area contributed by atoms with Crippen LogP contribution in [-0.2, 0) is 6.54 Å². The molecule has 160 valence electrons. The third kappa shape index (κ3) is 4.68. The summed E-state index contributed by atoms with van der Waals surface area (Å²) in [5, 5.41) is 0. The zero-order valence-electron chi connectivity index (χ0n) is 18.3. The van der Waals surface area contributed by atoms with Crippen molar-refractivity contribution < 1.29 is 9.36 Å². The Hall–Kier alpha value is -4.24. The highest BCUT2D eigenvalue weighted by atomic mass is 16.1. The minimum absolute atomic E-state index is 0.0177. The van der Waals surface area contributed by atoms with Gasteiger partial charge in [-0.05, 0) is 11.1 Å². The molecule has 0 saturated heterocycles. The molecule has 5 aromatic rings. The molecule has 0 bridgehead atoms. The van der Waals surface area contributed by atoms with Gasteiger partial charge in [-0.2, -0.15) is 0 Å². The molecule has 1 heterocycles. The van der Waals surface area contributed by atoms with Crippen LogP contribution in [0.2, 0.25) is 0 Å². The monoisotopic (exact) mass is 429 g/mol. The molecule has 0 radical (unpaired) electrons. The number of imidazole rings is 1. The lowest BCUT2D eigenvalue weighted by Crippen LogP contribution is -2.36. The molecule has 1 aromatic heterocycles. The second-order valence-electron chi connectivity index (χ2n) is 8.12. The molecule has 33 heavy (non-hydrogen) atoms. The van der Waals surface area contributed by atoms with Gasteiger partial charge in [-0.1, -0.05) is 115 Å². The molecule has 0 N–H and O–H groups in total. The molecular formula is C30H25N2O+. The molecule has 5 rings (SSSR count). The van der Waals surface area contributed by atoms with E-state index in [4.69, 9.17) is 0 Å². The van der Waals surface area contributed by atoms with E-state index >= 15 is 0 Å². The topological polar surface area (TPSA) is 25.9 Å². The van der Waals surface area contributed by atoms with Crippen LogP contribution in [0.3, 0.4) is 0 Å². The van der Waals surface area contributed by atoms with E-state index in [9.17, 15) is 4.79 Å². The lowest BCUT2D eigenvalue weighted by Gasteiger charge is -2.15. The first-order valence-electron chi connectivity index (χ1n) is 11.1. The fourth-order valence-corrected chi connectivity index (χ4v) is 4.20. The lowest BCUT2D eigenvalue weighted by molar-refractivity contribution is -0.682. The fourth-order valence-electron chi connectivity index (χ4n) is 4.20. The van der Waals surface area contributed by atoms with Crippen LogP contribution in [0.1, 0.15) is 27.5 Å². The van der Waals surface area contributed by atoms with E-state index in [2.05, 4.69) is 77.4 Å². The molecule has 1 atom stereocenters. The second-order valence-corrected chi connectivity index (χ2v) is 8.12. The van der Waals surface area contributed by atoms with Crippen LogP contribution >= 0.6 is 0 Å². The highest BCUT2D eigenvalue weighted by Crippen LogP contribution is 2.28. The summed E-state index contributed by atoms with van der Waals surface area (Å²) in [5.41, 5.74) is 5.52. The molecule has 3 nitrogen and oxygen atoms in total. The summed E-state index contributed by atoms with van der Waals surface area (Å²) in [6, 6.07) is 39.1. The van der Waals surface area contributed by atoms with Crippen LogP contribution in [0, 0.1) is 0 Å². The average Bonchev–Trinajstić information content (AvgIpc) is 3.34. The van der Waals surface area contributed by atoms with E-state index < -0.39 is 0 Å². The number of benzene rings is 4. The van der Waals surface area contributed by atoms with Crippen LogP contribution in [0.5, 0.6) is 0 Å². The SMILES string of the molecule is O=C(C[n+]1ccn(C(c2ccccc2)c2ccc(-c3ccccc3)cc2)c1)c1ccccc1. The van der Waals surface area contributed by atoms with Crippen molar-refractivity contribution in [2.75, 3.05) is 0 Å². The van der Waals surface area contributed by atoms with Crippen molar-refractivity contribution in [3.8, 4) is 11.1 Å². The van der Waals surface area contributed by atoms with Crippen molar-refractivity contribution in [2.24, 2.45) is 0 Å². The molecule has 1 unspecified atom stereocenters. The van der Waals surface area contributed by atoms with Gasteiger partial charge in [0.2, 0.25) is 12.1 Å². The Labute approximate surface area is 194 Å². The Bertz CT molecular complexity index is 1320. The normalized spacial score (nSPS) is 11.8. The summed E-state index contributed by atoms with van der Waals surface area (Å²) in [4.78, 5) is 12.7. The van der Waals surface area contributed by atoms with Gasteiger partial charge in [0.25, 0.3) is 0 Å². The van der Waals surface area contributed by atoms with Crippen molar-refractivity contribution in [1.29, 1.82) is 0 Å². The van der Waals surface area contributed by atoms with Crippen LogP contribution < -0.4 is 4.57 Å². The van der Waals surface area contributed by atoms with Gasteiger partial charge in [-0.25, -0.2) is 9.13 Å². The average molecular weight is 430 g/mol. The minimum atomic E-state index is 0.0177. The van der Waals surface area contributed by atoms with Gasteiger partial charge in [-0.3, -0.25) is 4.79 Å². The zero-order valence-corrected chi connectivity index (χ0v) is 18.3. The minimum Gasteiger partial charge on any atom is -0.290 e. The quantitative estimate of drug-likeness (QED) is 0.231. The molecule has 0 aliphatic carbocycles. The molecule has 4 aromatic carbocycles. The van der Waals surface area contributed by atoms with E-state index in [1.54, 1.807) is 0 Å². The first kappa shape index (κ1) is 20.7. The summed E-state index contributed by atoms with van der Waals surface area (Å²) in [5.74, 6) is 0.0989. The third-order valence-electron chi connectivity index (χ3n) is 5.88. The van der Waals surface area contributed by atoms with Crippen molar-refractivity contribution in [1.82, 2.24) is 4.57 Å². The number of aromatic nitrogens is 2. The third-order valence-corrected chi connectivity index (χ3v) is 5.88. The summed E-state index contributed by atoms with van der Waals surface area (Å²) < 4.78 is 4.12. The predicted octanol–water partition coefficient (Wildman–Crippen LogP) is 5.96. The van der Waals surface area contributed by atoms with Crippen LogP contribution in [-0.4, -0.2) is 10.4 Å². The number of hydrogen-bond acceptors (Lipinski definition) is 1. The zero-order chi connectivity index (χ0) is 22.5. The number of Topliss-reactive ketones (excluding diaryl/α,β-unsaturated/α-hetero) is 1. The summed E-state index contributed by atoms with van der Waals surface area (Å²) in [6.07, 6.45) is 6.03. The van der Waals surface area contributed by atoms with Gasteiger partial charge in [0.05, 0.1) is 0 Å². The van der Waals surface area contributed by atoms with Gasteiger partial charge < -0.3 is 0 Å². The van der Waals surface area contributed by atoms with E-state index in [1.807, 2.05) is 65.8 Å². The number of carbonyl (C=O) groups is 1. The molecule has 0 aliphatic rings. The van der Waals surface area contributed by atoms with E-state index in [-0.39, 0.29) is 11.8 Å². The smallest absolute Gasteiger partial charge is 0.244 e. The Morgan fingerprint density at radius 3 is 1.88 bits per heavy atom. The predicted molar refractivity (Wildman–Crippen MR) is 131 cm³/mol. The number of hydrogen-bond donors (Lipinski definition) is 0. The maximum absolute atomic E-state index is 12.7. The molecule has 0 aliphatic heterocycles. The number of nitrogens with zero attached hydrogens (tertiary/aromatic N) is 2. The molecule has 3 heteroatoms. The Morgan fingerprint density at radius 2 is 1.21 bits per heavy atom. The van der Waals surface area contributed by atoms with Gasteiger partial charge >= 0.3 is 0 Å². The van der Waals surface area contributed by atoms with Crippen molar-refractivity contribution in [3.63, 3.8) is 0 Å². The van der Waals surface area contributed by atoms with E-state index in [0.717, 1.165) is 5.56 Å². The van der Waals surface area contributed by atoms with Crippen LogP contribution in [0.25, 0.3) is 11.1 Å². The Kier molecular flexibility index (Phi) is 5.94. The first-order valence-corrected chi connectivity index (χ1v) is 11.1. The Morgan fingerprint density at radius 1 is 0.667 bits per heavy atom. The molecular weight excluding hydrogens is 404 g/mol. The van der Waals surface area contributed by atoms with Gasteiger partial charge in [0.15, 0.2) is 12.6 Å². The maximum atomic E-state index is 12.7. The van der Waals surface area contributed by atoms with E-state index in [0.29, 0.717) is 6.54 Å². The summed E-state index contributed by atoms with van der Waals surface area (Å²) in [7, 11) is 0. The number of rotatable bonds is 7. The van der Waals surface area contributed by atoms with Gasteiger partial charge in [-0.15, -0.1) is 0 Å². The highest BCUT2D eigenvalue weighted by Gasteiger charge is 2.22. The molecule has 0 amide bonds. The van der Waals surface area contributed by atoms with Crippen molar-refractivity contribution >= 4 is 5.78 Å². The lowest BCUT2D eigenvalue weighted by atomic mass is 9.96. The highest BCUT2D eigenvalue weighted by molar-refractivity contribution is 5.94. The number of carbonyl (C=O) groups excluding carboxylic acids is 1. The van der Waals surface area contributed by atoms with Gasteiger partial charge in [0, 0.05) is 16.7 Å². The van der Waals surface area contributed by atoms with Gasteiger partial charge in [0.1, 0.15) is 12.4 Å². The largest absolute Gasteiger partial charge is 0.290 e. The molecule has 0 saturated carbocycles. The first-order chi connectivity index (χ1) is 16.3. The fraction of sp³-hybridized carbons (Fsp3) is 0.0667. The van der Waals surface area contributed by atoms with Crippen molar-refractivity contribution in [2.45, 2.75) is 12.6 Å². The molecule has 0 spiro atoms. The Balaban J connectivity index is 1.45. The van der Waals surface area contributed by atoms with E-state index in [1.165, 1.54) is 22.3 Å². The summed E-state index contributed by atoms with van der Waals surface area (Å²) >= 11 is 0. The van der Waals surface area contributed by atoms with Crippen LogP contribution in [0.15, 0.2) is 134 Å². The number of ketones is 1. The summed E-state index contributed by atoms with van der Waals surface area (Å²) in [6.45, 7) is 0.311. The maximum Gasteiger partial charge on any atom is 0.244 e. The second kappa shape index (κ2) is 9.49. The van der Waals surface area contributed by atoms with Crippen molar-refractivity contribution in [3.05, 3.63) is 151 Å². The van der Waals surface area contributed by atoms with Crippen LogP contribution in [0.4, 0.5) is 0 Å².